The lowest BCUT2D eigenvalue weighted by Crippen LogP contribution is -2.34. The van der Waals surface area contributed by atoms with Gasteiger partial charge in [-0.1, -0.05) is 37.3 Å². The minimum atomic E-state index is -0.00531. The first-order valence-electron chi connectivity index (χ1n) is 6.79. The van der Waals surface area contributed by atoms with Gasteiger partial charge < -0.3 is 4.90 Å². The van der Waals surface area contributed by atoms with E-state index in [0.717, 1.165) is 19.4 Å². The van der Waals surface area contributed by atoms with Crippen LogP contribution in [0.4, 0.5) is 0 Å². The van der Waals surface area contributed by atoms with E-state index in [2.05, 4.69) is 30.6 Å². The number of benzene rings is 1. The van der Waals surface area contributed by atoms with E-state index < -0.39 is 0 Å². The van der Waals surface area contributed by atoms with Crippen LogP contribution in [0.5, 0.6) is 0 Å². The molecule has 1 fully saturated rings. The number of carbonyl (C=O) groups excluding carboxylic acids is 1. The molecule has 1 aliphatic rings. The number of hydrogen-bond donors (Lipinski definition) is 1. The number of thioether (sulfide) groups is 1. The third-order valence-electron chi connectivity index (χ3n) is 3.58. The summed E-state index contributed by atoms with van der Waals surface area (Å²) >= 11 is 1.80. The SMILES string of the molecule is CSC(C)CN1CNC(CCc2ccccc2)C1=O. The number of aryl methyl sites for hydroxylation is 1. The smallest absolute Gasteiger partial charge is 0.240 e. The van der Waals surface area contributed by atoms with E-state index in [1.165, 1.54) is 5.56 Å². The average molecular weight is 278 g/mol. The van der Waals surface area contributed by atoms with E-state index in [-0.39, 0.29) is 11.9 Å². The van der Waals surface area contributed by atoms with Gasteiger partial charge in [0.2, 0.25) is 5.91 Å². The zero-order chi connectivity index (χ0) is 13.7. The van der Waals surface area contributed by atoms with Crippen LogP contribution in [-0.4, -0.2) is 41.6 Å². The number of hydrogen-bond acceptors (Lipinski definition) is 3. The van der Waals surface area contributed by atoms with Gasteiger partial charge in [-0.05, 0) is 24.7 Å². The van der Waals surface area contributed by atoms with Crippen molar-refractivity contribution in [1.82, 2.24) is 10.2 Å². The largest absolute Gasteiger partial charge is 0.327 e. The first kappa shape index (κ1) is 14.4. The Kier molecular flexibility index (Phi) is 5.28. The van der Waals surface area contributed by atoms with Gasteiger partial charge in [0.1, 0.15) is 0 Å². The highest BCUT2D eigenvalue weighted by Gasteiger charge is 2.30. The lowest BCUT2D eigenvalue weighted by Gasteiger charge is -2.19. The molecule has 2 atom stereocenters. The minimum Gasteiger partial charge on any atom is -0.327 e. The molecule has 0 aromatic heterocycles. The topological polar surface area (TPSA) is 32.3 Å². The first-order chi connectivity index (χ1) is 9.20. The Hall–Kier alpha value is -1.00. The van der Waals surface area contributed by atoms with Gasteiger partial charge in [-0.2, -0.15) is 11.8 Å². The van der Waals surface area contributed by atoms with Crippen molar-refractivity contribution in [3.05, 3.63) is 35.9 Å². The van der Waals surface area contributed by atoms with Gasteiger partial charge in [0, 0.05) is 11.8 Å². The van der Waals surface area contributed by atoms with Crippen LogP contribution in [0, 0.1) is 0 Å². The van der Waals surface area contributed by atoms with Crippen molar-refractivity contribution in [2.24, 2.45) is 0 Å². The average Bonchev–Trinajstić information content (AvgIpc) is 2.78. The maximum Gasteiger partial charge on any atom is 0.240 e. The molecule has 0 radical (unpaired) electrons. The Morgan fingerprint density at radius 3 is 2.84 bits per heavy atom. The molecule has 2 unspecified atom stereocenters. The van der Waals surface area contributed by atoms with Crippen LogP contribution in [0.1, 0.15) is 18.9 Å². The molecule has 0 bridgehead atoms. The lowest BCUT2D eigenvalue weighted by atomic mass is 10.1. The van der Waals surface area contributed by atoms with E-state index in [9.17, 15) is 4.79 Å². The van der Waals surface area contributed by atoms with E-state index in [1.807, 2.05) is 23.1 Å². The Morgan fingerprint density at radius 1 is 1.42 bits per heavy atom. The Labute approximate surface area is 119 Å². The van der Waals surface area contributed by atoms with Crippen LogP contribution >= 0.6 is 11.8 Å². The molecule has 3 nitrogen and oxygen atoms in total. The Balaban J connectivity index is 1.81. The summed E-state index contributed by atoms with van der Waals surface area (Å²) < 4.78 is 0. The monoisotopic (exact) mass is 278 g/mol. The molecule has 1 aliphatic heterocycles. The first-order valence-corrected chi connectivity index (χ1v) is 8.08. The summed E-state index contributed by atoms with van der Waals surface area (Å²) in [5.41, 5.74) is 1.30. The highest BCUT2D eigenvalue weighted by atomic mass is 32.2. The van der Waals surface area contributed by atoms with E-state index in [0.29, 0.717) is 11.9 Å². The molecular weight excluding hydrogens is 256 g/mol. The number of nitrogens with zero attached hydrogens (tertiary/aromatic N) is 1. The van der Waals surface area contributed by atoms with Gasteiger partial charge in [0.25, 0.3) is 0 Å². The van der Waals surface area contributed by atoms with Gasteiger partial charge in [0.15, 0.2) is 0 Å². The zero-order valence-corrected chi connectivity index (χ0v) is 12.5. The fraction of sp³-hybridized carbons (Fsp3) is 0.533. The predicted molar refractivity (Wildman–Crippen MR) is 81.2 cm³/mol. The molecule has 1 aromatic rings. The van der Waals surface area contributed by atoms with Crippen LogP contribution in [-0.2, 0) is 11.2 Å². The minimum absolute atomic E-state index is 0.00531. The fourth-order valence-corrected chi connectivity index (χ4v) is 2.66. The third-order valence-corrected chi connectivity index (χ3v) is 4.54. The van der Waals surface area contributed by atoms with Crippen LogP contribution < -0.4 is 5.32 Å². The summed E-state index contributed by atoms with van der Waals surface area (Å²) in [6, 6.07) is 10.3. The molecular formula is C15H22N2OS. The summed E-state index contributed by atoms with van der Waals surface area (Å²) in [5, 5.41) is 3.82. The van der Waals surface area contributed by atoms with Gasteiger partial charge in [-0.25, -0.2) is 0 Å². The lowest BCUT2D eigenvalue weighted by molar-refractivity contribution is -0.128. The molecule has 1 aromatic carbocycles. The van der Waals surface area contributed by atoms with Crippen LogP contribution in [0.25, 0.3) is 0 Å². The third kappa shape index (κ3) is 3.98. The van der Waals surface area contributed by atoms with Crippen LogP contribution in [0.2, 0.25) is 0 Å². The van der Waals surface area contributed by atoms with Gasteiger partial charge in [-0.15, -0.1) is 0 Å². The number of nitrogens with one attached hydrogen (secondary N) is 1. The van der Waals surface area contributed by atoms with Crippen molar-refractivity contribution in [1.29, 1.82) is 0 Å². The highest BCUT2D eigenvalue weighted by molar-refractivity contribution is 7.99. The second-order valence-corrected chi connectivity index (χ2v) is 6.32. The summed E-state index contributed by atoms with van der Waals surface area (Å²) in [4.78, 5) is 14.2. The maximum absolute atomic E-state index is 12.2. The van der Waals surface area contributed by atoms with Crippen LogP contribution in [0.3, 0.4) is 0 Å². The van der Waals surface area contributed by atoms with Crippen LogP contribution in [0.15, 0.2) is 30.3 Å². The maximum atomic E-state index is 12.2. The van der Waals surface area contributed by atoms with Crippen molar-refractivity contribution >= 4 is 17.7 Å². The summed E-state index contributed by atoms with van der Waals surface area (Å²) in [5.74, 6) is 0.261. The van der Waals surface area contributed by atoms with Crippen molar-refractivity contribution in [3.63, 3.8) is 0 Å². The van der Waals surface area contributed by atoms with Gasteiger partial charge in [0.05, 0.1) is 12.7 Å². The van der Waals surface area contributed by atoms with Crippen molar-refractivity contribution in [2.75, 3.05) is 19.5 Å². The highest BCUT2D eigenvalue weighted by Crippen LogP contribution is 2.14. The van der Waals surface area contributed by atoms with Gasteiger partial charge >= 0.3 is 0 Å². The van der Waals surface area contributed by atoms with Crippen molar-refractivity contribution < 1.29 is 4.79 Å². The molecule has 4 heteroatoms. The van der Waals surface area contributed by atoms with E-state index >= 15 is 0 Å². The molecule has 0 spiro atoms. The molecule has 1 saturated heterocycles. The molecule has 0 aliphatic carbocycles. The quantitative estimate of drug-likeness (QED) is 0.865. The second-order valence-electron chi connectivity index (χ2n) is 5.05. The normalized spacial score (nSPS) is 20.8. The van der Waals surface area contributed by atoms with E-state index in [4.69, 9.17) is 0 Å². The molecule has 0 saturated carbocycles. The fourth-order valence-electron chi connectivity index (χ4n) is 2.33. The van der Waals surface area contributed by atoms with E-state index in [1.54, 1.807) is 11.8 Å². The molecule has 2 rings (SSSR count). The Bertz CT molecular complexity index is 410. The predicted octanol–water partition coefficient (Wildman–Crippen LogP) is 2.13. The number of rotatable bonds is 6. The van der Waals surface area contributed by atoms with Gasteiger partial charge in [-0.3, -0.25) is 10.1 Å². The summed E-state index contributed by atoms with van der Waals surface area (Å²) in [6.45, 7) is 3.70. The van der Waals surface area contributed by atoms with Crippen molar-refractivity contribution in [2.45, 2.75) is 31.1 Å². The molecule has 1 amide bonds. The molecule has 1 heterocycles. The summed E-state index contributed by atoms with van der Waals surface area (Å²) in [7, 11) is 0. The Morgan fingerprint density at radius 2 is 2.16 bits per heavy atom. The number of amides is 1. The second kappa shape index (κ2) is 6.96. The van der Waals surface area contributed by atoms with Crippen molar-refractivity contribution in [3.8, 4) is 0 Å². The standard InChI is InChI=1S/C15H22N2OS/c1-12(19-2)10-17-11-16-14(15(17)18)9-8-13-6-4-3-5-7-13/h3-7,12,14,16H,8-11H2,1-2H3. The molecule has 19 heavy (non-hydrogen) atoms. The number of carbonyl (C=O) groups is 1. The molecule has 104 valence electrons. The zero-order valence-electron chi connectivity index (χ0n) is 11.6. The summed E-state index contributed by atoms with van der Waals surface area (Å²) in [6.07, 6.45) is 3.93. The molecule has 1 N–H and O–H groups in total.